The molecule has 2 heterocycles. The molecular formula is C53H70Cl2F2N2O14. The van der Waals surface area contributed by atoms with Crippen LogP contribution in [0.1, 0.15) is 64.7 Å². The van der Waals surface area contributed by atoms with E-state index in [1.54, 1.807) is 64.0 Å². The number of nitrogens with zero attached hydrogens (tertiary/aromatic N) is 2. The number of hydrogen-bond acceptors (Lipinski definition) is 14. The van der Waals surface area contributed by atoms with E-state index < -0.39 is 24.3 Å². The second kappa shape index (κ2) is 25.9. The number of alkyl halides is 2. The average molecular weight is 1070 g/mol. The largest absolute Gasteiger partial charge is 1.00 e. The van der Waals surface area contributed by atoms with Crippen LogP contribution in [0, 0.1) is 0 Å². The van der Waals surface area contributed by atoms with Gasteiger partial charge in [-0.15, -0.1) is 0 Å². The number of quaternary nitrogens is 2. The first-order chi connectivity index (χ1) is 34.0. The number of rotatable bonds is 24. The van der Waals surface area contributed by atoms with Gasteiger partial charge < -0.3 is 90.6 Å². The Hall–Kier alpha value is -5.82. The third-order valence-electron chi connectivity index (χ3n) is 14.0. The molecule has 404 valence electrons. The summed E-state index contributed by atoms with van der Waals surface area (Å²) in [7, 11) is 19.9. The first-order valence-corrected chi connectivity index (χ1v) is 23.5. The summed E-state index contributed by atoms with van der Waals surface area (Å²) in [5.41, 5.74) is 6.01. The van der Waals surface area contributed by atoms with Gasteiger partial charge in [0.05, 0.1) is 125 Å². The van der Waals surface area contributed by atoms with Crippen molar-refractivity contribution in [3.63, 3.8) is 0 Å². The Morgan fingerprint density at radius 2 is 0.945 bits per heavy atom. The topological polar surface area (TPSA) is 145 Å². The molecule has 0 radical (unpaired) electrons. The van der Waals surface area contributed by atoms with Crippen LogP contribution in [0.2, 0.25) is 0 Å². The third kappa shape index (κ3) is 12.9. The van der Waals surface area contributed by atoms with E-state index in [4.69, 9.17) is 56.8 Å². The highest BCUT2D eigenvalue weighted by Gasteiger charge is 2.46. The van der Waals surface area contributed by atoms with Crippen LogP contribution >= 0.6 is 0 Å². The number of carbonyl (C=O) groups is 2. The second-order valence-corrected chi connectivity index (χ2v) is 18.2. The zero-order chi connectivity index (χ0) is 51.7. The van der Waals surface area contributed by atoms with E-state index in [1.807, 2.05) is 48.5 Å². The van der Waals surface area contributed by atoms with Crippen molar-refractivity contribution in [3.05, 3.63) is 81.9 Å². The number of esters is 2. The van der Waals surface area contributed by atoms with Gasteiger partial charge in [-0.25, -0.2) is 4.79 Å². The number of halogens is 4. The lowest BCUT2D eigenvalue weighted by atomic mass is 9.85. The van der Waals surface area contributed by atoms with Crippen molar-refractivity contribution in [3.8, 4) is 57.5 Å². The maximum absolute atomic E-state index is 15.4. The summed E-state index contributed by atoms with van der Waals surface area (Å²) in [5.74, 6) is -1.79. The van der Waals surface area contributed by atoms with E-state index in [9.17, 15) is 9.59 Å². The number of ether oxygens (including phenoxy) is 12. The molecule has 73 heavy (non-hydrogen) atoms. The van der Waals surface area contributed by atoms with Crippen LogP contribution in [0.3, 0.4) is 0 Å². The molecule has 0 saturated carbocycles. The summed E-state index contributed by atoms with van der Waals surface area (Å²) in [6.07, 6.45) is 1.14. The number of hydrogen-bond donors (Lipinski definition) is 0. The summed E-state index contributed by atoms with van der Waals surface area (Å²) in [5, 5.41) is 0. The van der Waals surface area contributed by atoms with Crippen molar-refractivity contribution < 1.29 is 109 Å². The van der Waals surface area contributed by atoms with Crippen molar-refractivity contribution >= 4 is 11.9 Å². The molecule has 0 spiro atoms. The van der Waals surface area contributed by atoms with Crippen LogP contribution in [0.4, 0.5) is 8.78 Å². The fourth-order valence-electron chi connectivity index (χ4n) is 10.3. The highest BCUT2D eigenvalue weighted by molar-refractivity contribution is 5.84. The van der Waals surface area contributed by atoms with Crippen LogP contribution in [0.15, 0.2) is 48.5 Å². The fraction of sp³-hybridized carbons (Fsp3) is 0.509. The molecule has 20 heteroatoms. The van der Waals surface area contributed by atoms with Gasteiger partial charge in [0.25, 0.3) is 0 Å². The molecule has 2 aliphatic rings. The van der Waals surface area contributed by atoms with Crippen molar-refractivity contribution in [2.45, 2.75) is 56.5 Å². The fourth-order valence-corrected chi connectivity index (χ4v) is 10.3. The van der Waals surface area contributed by atoms with Crippen molar-refractivity contribution in [2.24, 2.45) is 0 Å². The van der Waals surface area contributed by atoms with Crippen LogP contribution in [-0.4, -0.2) is 151 Å². The summed E-state index contributed by atoms with van der Waals surface area (Å²) >= 11 is 0. The monoisotopic (exact) mass is 1070 g/mol. The molecule has 16 nitrogen and oxygen atoms in total. The molecule has 0 bridgehead atoms. The SMILES string of the molecule is COc1cc2c(cc1OC)[C@H](c1cc(OC)c(OC)c(OC)c1)[N@@+](C)(CCCOC(=O)C(F)(F)CC(=O)OCCC[N@+]1(C)CCc3cc(OC)c(OC)cc3[C@H]1Cc1cc(OC)c(OC)c(OC)c1)CC2.[Cl-].[Cl-]. The molecule has 2 aliphatic heterocycles. The highest BCUT2D eigenvalue weighted by atomic mass is 35.5. The number of benzene rings is 4. The average Bonchev–Trinajstić information content (AvgIpc) is 3.37. The molecule has 0 amide bonds. The number of fused-ring (bicyclic) bond motifs is 2. The second-order valence-electron chi connectivity index (χ2n) is 18.2. The molecule has 4 atom stereocenters. The van der Waals surface area contributed by atoms with Crippen molar-refractivity contribution in [2.75, 3.05) is 125 Å². The van der Waals surface area contributed by atoms with Crippen LogP contribution < -0.4 is 72.2 Å². The lowest BCUT2D eigenvalue weighted by molar-refractivity contribution is -0.941. The smallest absolute Gasteiger partial charge is 0.377 e. The Kier molecular flexibility index (Phi) is 21.2. The van der Waals surface area contributed by atoms with Gasteiger partial charge in [0.15, 0.2) is 46.0 Å². The van der Waals surface area contributed by atoms with E-state index in [2.05, 4.69) is 14.1 Å². The summed E-state index contributed by atoms with van der Waals surface area (Å²) < 4.78 is 98.8. The number of carbonyl (C=O) groups excluding carboxylic acids is 2. The normalized spacial score (nSPS) is 18.8. The van der Waals surface area contributed by atoms with Gasteiger partial charge >= 0.3 is 17.9 Å². The maximum atomic E-state index is 15.4. The molecule has 0 N–H and O–H groups in total. The summed E-state index contributed by atoms with van der Waals surface area (Å²) in [6, 6.07) is 15.2. The zero-order valence-corrected chi connectivity index (χ0v) is 45.4. The zero-order valence-electron chi connectivity index (χ0n) is 43.9. The molecule has 0 fully saturated rings. The van der Waals surface area contributed by atoms with Gasteiger partial charge in [-0.3, -0.25) is 4.79 Å². The Bertz CT molecular complexity index is 2480. The Morgan fingerprint density at radius 3 is 1.42 bits per heavy atom. The minimum atomic E-state index is -4.10. The summed E-state index contributed by atoms with van der Waals surface area (Å²) in [6.45, 7) is 1.94. The van der Waals surface area contributed by atoms with Gasteiger partial charge in [-0.1, -0.05) is 0 Å². The van der Waals surface area contributed by atoms with Crippen LogP contribution in [-0.2, 0) is 38.3 Å². The lowest BCUT2D eigenvalue weighted by Crippen LogP contribution is -3.00. The van der Waals surface area contributed by atoms with Gasteiger partial charge in [-0.2, -0.15) is 8.78 Å². The predicted molar refractivity (Wildman–Crippen MR) is 260 cm³/mol. The standard InChI is InChI=1S/C53H70F2N2O14.2ClH/c1-56(19-15-34-26-40(60-3)42(62-5)30-37(34)39(56)23-33-24-44(64-7)50(68-11)45(25-33)65-8)17-13-21-70-48(58)32-53(54,55)52(59)71-22-14-18-57(2)20-16-35-27-41(61-4)43(63-6)31-38(35)49(57)36-28-46(66-9)51(69-12)47(29-36)67-10;;/h24-31,39,49H,13-23,32H2,1-12H3;2*1H/q+2;;/p-2/t39-,49+,56-,57+;;/m1../s1. The first-order valence-electron chi connectivity index (χ1n) is 23.5. The van der Waals surface area contributed by atoms with E-state index in [0.29, 0.717) is 105 Å². The van der Waals surface area contributed by atoms with E-state index in [1.165, 1.54) is 7.11 Å². The molecule has 4 aromatic rings. The lowest BCUT2D eigenvalue weighted by Gasteiger charge is -2.46. The van der Waals surface area contributed by atoms with E-state index in [0.717, 1.165) is 46.3 Å². The first kappa shape index (κ1) is 59.7. The number of methoxy groups -OCH3 is 10. The Labute approximate surface area is 439 Å². The quantitative estimate of drug-likeness (QED) is 0.0571. The molecule has 6 rings (SSSR count). The van der Waals surface area contributed by atoms with Crippen molar-refractivity contribution in [1.29, 1.82) is 0 Å². The van der Waals surface area contributed by atoms with Crippen molar-refractivity contribution in [1.82, 2.24) is 0 Å². The van der Waals surface area contributed by atoms with Crippen LogP contribution in [0.5, 0.6) is 57.5 Å². The number of likely N-dealkylation sites (N-methyl/N-ethyl adjacent to an activating group) is 2. The van der Waals surface area contributed by atoms with Gasteiger partial charge in [0.2, 0.25) is 11.5 Å². The minimum Gasteiger partial charge on any atom is -1.00 e. The Morgan fingerprint density at radius 1 is 0.534 bits per heavy atom. The maximum Gasteiger partial charge on any atom is 0.377 e. The van der Waals surface area contributed by atoms with Crippen LogP contribution in [0.25, 0.3) is 0 Å². The third-order valence-corrected chi connectivity index (χ3v) is 14.0. The minimum absolute atomic E-state index is 0. The summed E-state index contributed by atoms with van der Waals surface area (Å²) in [4.78, 5) is 25.8. The van der Waals surface area contributed by atoms with Gasteiger partial charge in [0.1, 0.15) is 18.5 Å². The van der Waals surface area contributed by atoms with E-state index >= 15 is 8.78 Å². The van der Waals surface area contributed by atoms with Gasteiger partial charge in [-0.05, 0) is 65.2 Å². The molecule has 0 unspecified atom stereocenters. The molecular weight excluding hydrogens is 997 g/mol. The molecule has 4 aromatic carbocycles. The van der Waals surface area contributed by atoms with E-state index in [-0.39, 0.29) is 56.5 Å². The molecule has 0 aliphatic carbocycles. The predicted octanol–water partition coefficient (Wildman–Crippen LogP) is 1.75. The Balaban J connectivity index is 0.00000578. The molecule has 0 aromatic heterocycles. The van der Waals surface area contributed by atoms with Gasteiger partial charge in [0, 0.05) is 48.8 Å². The highest BCUT2D eigenvalue weighted by Crippen LogP contribution is 2.49. The molecule has 0 saturated heterocycles.